The molecule has 5 nitrogen and oxygen atoms in total. The van der Waals surface area contributed by atoms with E-state index in [1.165, 1.54) is 12.3 Å². The number of hydrogen-bond donors (Lipinski definition) is 3. The Balaban J connectivity index is 3.02. The van der Waals surface area contributed by atoms with Gasteiger partial charge in [-0.2, -0.15) is 0 Å². The number of carbonyl (C=O) groups excluding carboxylic acids is 1. The first-order valence-electron chi connectivity index (χ1n) is 8.48. The standard InChI is InChI=1S/C20H27N3O2/c1-3-17(10-13-24)22-15-23-20(11-14-25)19-9-5-4-8-18(19)16(2)7-6-12-21/h4-5,8-9,11-12,14-15,17,21,24H,2-3,6-7,10,13H2,1H3,(H,22,23)/b20-11-,21-12?. The Morgan fingerprint density at radius 3 is 2.72 bits per heavy atom. The summed E-state index contributed by atoms with van der Waals surface area (Å²) in [7, 11) is 0. The fraction of sp³-hybridized carbons (Fsp3) is 0.350. The molecule has 1 aromatic carbocycles. The lowest BCUT2D eigenvalue weighted by molar-refractivity contribution is -0.104. The van der Waals surface area contributed by atoms with E-state index in [4.69, 9.17) is 10.5 Å². The van der Waals surface area contributed by atoms with E-state index in [1.807, 2.05) is 31.2 Å². The number of benzene rings is 1. The number of rotatable bonds is 12. The quantitative estimate of drug-likeness (QED) is 0.236. The Labute approximate surface area is 149 Å². The van der Waals surface area contributed by atoms with Gasteiger partial charge in [0.2, 0.25) is 0 Å². The van der Waals surface area contributed by atoms with E-state index in [0.29, 0.717) is 25.0 Å². The van der Waals surface area contributed by atoms with Crippen LogP contribution in [-0.4, -0.2) is 36.6 Å². The van der Waals surface area contributed by atoms with Crippen molar-refractivity contribution in [2.75, 3.05) is 6.61 Å². The van der Waals surface area contributed by atoms with Crippen LogP contribution in [0, 0.1) is 5.41 Å². The molecule has 5 heteroatoms. The predicted octanol–water partition coefficient (Wildman–Crippen LogP) is 3.45. The van der Waals surface area contributed by atoms with Gasteiger partial charge < -0.3 is 15.8 Å². The van der Waals surface area contributed by atoms with Gasteiger partial charge in [-0.3, -0.25) is 9.79 Å². The molecule has 3 N–H and O–H groups in total. The van der Waals surface area contributed by atoms with Crippen molar-refractivity contribution >= 4 is 30.1 Å². The van der Waals surface area contributed by atoms with Gasteiger partial charge in [-0.15, -0.1) is 0 Å². The summed E-state index contributed by atoms with van der Waals surface area (Å²) < 4.78 is 0. The highest BCUT2D eigenvalue weighted by molar-refractivity contribution is 5.89. The number of aliphatic hydroxyl groups excluding tert-OH is 1. The highest BCUT2D eigenvalue weighted by atomic mass is 16.3. The van der Waals surface area contributed by atoms with E-state index in [1.54, 1.807) is 6.34 Å². The summed E-state index contributed by atoms with van der Waals surface area (Å²) >= 11 is 0. The summed E-state index contributed by atoms with van der Waals surface area (Å²) in [5, 5.41) is 19.3. The second kappa shape index (κ2) is 11.9. The maximum absolute atomic E-state index is 11.1. The largest absolute Gasteiger partial charge is 0.396 e. The normalized spacial score (nSPS) is 12.8. The number of aldehydes is 1. The summed E-state index contributed by atoms with van der Waals surface area (Å²) in [5.74, 6) is 0. The molecule has 0 aliphatic carbocycles. The third-order valence-corrected chi connectivity index (χ3v) is 3.86. The molecule has 0 fully saturated rings. The van der Waals surface area contributed by atoms with E-state index in [9.17, 15) is 4.79 Å². The van der Waals surface area contributed by atoms with Gasteiger partial charge in [0, 0.05) is 18.2 Å². The molecule has 0 saturated heterocycles. The molecule has 0 bridgehead atoms. The zero-order valence-corrected chi connectivity index (χ0v) is 14.7. The molecule has 0 aromatic heterocycles. The molecule has 134 valence electrons. The number of aliphatic imine (C=N–C) groups is 1. The van der Waals surface area contributed by atoms with Gasteiger partial charge in [0.1, 0.15) is 6.29 Å². The average molecular weight is 341 g/mol. The third-order valence-electron chi connectivity index (χ3n) is 3.86. The van der Waals surface area contributed by atoms with Crippen molar-refractivity contribution in [2.24, 2.45) is 4.99 Å². The molecule has 25 heavy (non-hydrogen) atoms. The molecule has 1 atom stereocenters. The highest BCUT2D eigenvalue weighted by Gasteiger charge is 2.09. The smallest absolute Gasteiger partial charge is 0.144 e. The minimum Gasteiger partial charge on any atom is -0.396 e. The molecule has 0 radical (unpaired) electrons. The maximum Gasteiger partial charge on any atom is 0.144 e. The van der Waals surface area contributed by atoms with E-state index >= 15 is 0 Å². The van der Waals surface area contributed by atoms with Crippen LogP contribution in [-0.2, 0) is 4.79 Å². The van der Waals surface area contributed by atoms with Gasteiger partial charge >= 0.3 is 0 Å². The topological polar surface area (TPSA) is 85.5 Å². The Morgan fingerprint density at radius 2 is 2.12 bits per heavy atom. The summed E-state index contributed by atoms with van der Waals surface area (Å²) in [5.41, 5.74) is 3.37. The summed E-state index contributed by atoms with van der Waals surface area (Å²) in [6, 6.07) is 7.76. The van der Waals surface area contributed by atoms with Crippen molar-refractivity contribution in [1.29, 1.82) is 5.41 Å². The number of nitrogens with one attached hydrogen (secondary N) is 2. The van der Waals surface area contributed by atoms with Crippen molar-refractivity contribution in [2.45, 2.75) is 38.6 Å². The van der Waals surface area contributed by atoms with E-state index < -0.39 is 0 Å². The van der Waals surface area contributed by atoms with Gasteiger partial charge in [0.25, 0.3) is 0 Å². The number of aliphatic hydroxyl groups is 1. The lowest BCUT2D eigenvalue weighted by Crippen LogP contribution is -2.14. The number of nitrogens with zero attached hydrogens (tertiary/aromatic N) is 1. The zero-order chi connectivity index (χ0) is 18.5. The molecule has 1 rings (SSSR count). The van der Waals surface area contributed by atoms with Crippen LogP contribution in [0.2, 0.25) is 0 Å². The molecular formula is C20H27N3O2. The molecule has 0 saturated carbocycles. The second-order valence-corrected chi connectivity index (χ2v) is 5.61. The number of allylic oxidation sites excluding steroid dienone is 2. The minimum atomic E-state index is 0.0489. The molecule has 0 amide bonds. The fourth-order valence-electron chi connectivity index (χ4n) is 2.44. The molecule has 0 heterocycles. The van der Waals surface area contributed by atoms with Crippen LogP contribution in [0.3, 0.4) is 0 Å². The maximum atomic E-state index is 11.1. The SMILES string of the molecule is C=C(CCC=N)c1ccccc1/C(=C/C=O)NC=NC(CC)CCO. The first-order chi connectivity index (χ1) is 12.2. The zero-order valence-electron chi connectivity index (χ0n) is 14.7. The second-order valence-electron chi connectivity index (χ2n) is 5.61. The third kappa shape index (κ3) is 6.85. The first-order valence-corrected chi connectivity index (χ1v) is 8.48. The Kier molecular flexibility index (Phi) is 9.78. The molecule has 1 unspecified atom stereocenters. The van der Waals surface area contributed by atoms with Crippen LogP contribution in [0.4, 0.5) is 0 Å². The molecule has 0 aliphatic rings. The minimum absolute atomic E-state index is 0.0489. The van der Waals surface area contributed by atoms with Crippen molar-refractivity contribution in [3.63, 3.8) is 0 Å². The van der Waals surface area contributed by atoms with Crippen LogP contribution >= 0.6 is 0 Å². The summed E-state index contributed by atoms with van der Waals surface area (Å²) in [6.45, 7) is 6.22. The Hall–Kier alpha value is -2.53. The number of hydrogen-bond acceptors (Lipinski definition) is 4. The monoisotopic (exact) mass is 341 g/mol. The lowest BCUT2D eigenvalue weighted by Gasteiger charge is -2.15. The Morgan fingerprint density at radius 1 is 1.40 bits per heavy atom. The van der Waals surface area contributed by atoms with Gasteiger partial charge in [0.05, 0.1) is 18.1 Å². The van der Waals surface area contributed by atoms with E-state index in [2.05, 4.69) is 16.9 Å². The summed E-state index contributed by atoms with van der Waals surface area (Å²) in [6.07, 6.45) is 7.91. The number of carbonyl (C=O) groups is 1. The van der Waals surface area contributed by atoms with Crippen molar-refractivity contribution < 1.29 is 9.90 Å². The average Bonchev–Trinajstić information content (AvgIpc) is 2.64. The van der Waals surface area contributed by atoms with Crippen molar-refractivity contribution in [1.82, 2.24) is 5.32 Å². The lowest BCUT2D eigenvalue weighted by atomic mass is 9.95. The van der Waals surface area contributed by atoms with E-state index in [-0.39, 0.29) is 12.6 Å². The fourth-order valence-corrected chi connectivity index (χ4v) is 2.44. The van der Waals surface area contributed by atoms with Gasteiger partial charge in [-0.05, 0) is 43.0 Å². The van der Waals surface area contributed by atoms with Gasteiger partial charge in [-0.25, -0.2) is 0 Å². The van der Waals surface area contributed by atoms with Crippen molar-refractivity contribution in [3.05, 3.63) is 48.0 Å². The molecule has 0 aliphatic heterocycles. The van der Waals surface area contributed by atoms with Gasteiger partial charge in [0.15, 0.2) is 0 Å². The Bertz CT molecular complexity index is 636. The molecular weight excluding hydrogens is 314 g/mol. The summed E-state index contributed by atoms with van der Waals surface area (Å²) in [4.78, 5) is 15.4. The molecule has 1 aromatic rings. The van der Waals surface area contributed by atoms with Crippen LogP contribution in [0.25, 0.3) is 11.3 Å². The van der Waals surface area contributed by atoms with Crippen LogP contribution < -0.4 is 5.32 Å². The predicted molar refractivity (Wildman–Crippen MR) is 105 cm³/mol. The van der Waals surface area contributed by atoms with Gasteiger partial charge in [-0.1, -0.05) is 37.8 Å². The van der Waals surface area contributed by atoms with Crippen LogP contribution in [0.15, 0.2) is 41.9 Å². The highest BCUT2D eigenvalue weighted by Crippen LogP contribution is 2.25. The molecule has 0 spiro atoms. The van der Waals surface area contributed by atoms with Crippen LogP contribution in [0.5, 0.6) is 0 Å². The van der Waals surface area contributed by atoms with Crippen molar-refractivity contribution in [3.8, 4) is 0 Å². The van der Waals surface area contributed by atoms with E-state index in [0.717, 1.165) is 29.4 Å². The van der Waals surface area contributed by atoms with Crippen LogP contribution in [0.1, 0.15) is 43.7 Å². The first kappa shape index (κ1) is 20.5.